The Labute approximate surface area is 163 Å². The number of halogens is 3. The molecule has 29 heavy (non-hydrogen) atoms. The van der Waals surface area contributed by atoms with E-state index in [0.29, 0.717) is 11.4 Å². The smallest absolute Gasteiger partial charge is 0.406 e. The van der Waals surface area contributed by atoms with Crippen LogP contribution in [0.25, 0.3) is 0 Å². The molecule has 8 nitrogen and oxygen atoms in total. The third-order valence-electron chi connectivity index (χ3n) is 5.93. The second-order valence-corrected chi connectivity index (χ2v) is 7.72. The number of hydrogen-bond donors (Lipinski definition) is 1. The fourth-order valence-corrected chi connectivity index (χ4v) is 4.80. The summed E-state index contributed by atoms with van der Waals surface area (Å²) < 4.78 is 37.8. The first-order chi connectivity index (χ1) is 13.5. The first-order valence-electron chi connectivity index (χ1n) is 9.13. The normalized spacial score (nSPS) is 30.3. The van der Waals surface area contributed by atoms with Crippen LogP contribution in [0.1, 0.15) is 19.8 Å². The zero-order valence-electron chi connectivity index (χ0n) is 15.4. The Morgan fingerprint density at radius 3 is 2.55 bits per heavy atom. The van der Waals surface area contributed by atoms with Crippen LogP contribution in [0.3, 0.4) is 0 Å². The summed E-state index contributed by atoms with van der Waals surface area (Å²) in [5.41, 5.74) is 0.0630. The molecule has 4 rings (SSSR count). The summed E-state index contributed by atoms with van der Waals surface area (Å²) in [5, 5.41) is 9.66. The van der Waals surface area contributed by atoms with E-state index in [1.807, 2.05) is 0 Å². The molecule has 3 atom stereocenters. The van der Waals surface area contributed by atoms with Gasteiger partial charge in [0.1, 0.15) is 18.3 Å². The van der Waals surface area contributed by atoms with Crippen molar-refractivity contribution >= 4 is 23.7 Å². The van der Waals surface area contributed by atoms with Gasteiger partial charge in [-0.2, -0.15) is 13.2 Å². The van der Waals surface area contributed by atoms with Crippen LogP contribution < -0.4 is 0 Å². The van der Waals surface area contributed by atoms with Gasteiger partial charge >= 0.3 is 12.1 Å². The molecular formula is C18H18F3N3O5. The maximum atomic E-state index is 12.6. The van der Waals surface area contributed by atoms with E-state index < -0.39 is 42.6 Å². The lowest BCUT2D eigenvalue weighted by atomic mass is 9.79. The molecular weight excluding hydrogens is 395 g/mol. The molecule has 4 aliphatic rings. The van der Waals surface area contributed by atoms with E-state index in [4.69, 9.17) is 0 Å². The van der Waals surface area contributed by atoms with Gasteiger partial charge in [0, 0.05) is 31.5 Å². The van der Waals surface area contributed by atoms with E-state index in [-0.39, 0.29) is 48.1 Å². The third kappa shape index (κ3) is 2.99. The van der Waals surface area contributed by atoms with Gasteiger partial charge in [0.15, 0.2) is 0 Å². The molecule has 4 aliphatic heterocycles. The standard InChI is InChI=1S/C18H18F3N3O5/c1-8(25)23-6-11-5-10(13(17(28)29)24-12(11)14(23)16(24)27)4-9-2-3-22(15(9)26)7-18(19,20)21/h4,11-12,14H,2-3,5-7H2,1H3,(H,28,29)/b9-4+/t11-,12-,14+/m1/s1. The molecule has 156 valence electrons. The van der Waals surface area contributed by atoms with Crippen LogP contribution in [0.15, 0.2) is 22.9 Å². The second kappa shape index (κ2) is 6.33. The highest BCUT2D eigenvalue weighted by Gasteiger charge is 2.63. The van der Waals surface area contributed by atoms with Crippen molar-refractivity contribution in [3.63, 3.8) is 0 Å². The highest BCUT2D eigenvalue weighted by molar-refractivity contribution is 6.03. The number of alkyl halides is 3. The van der Waals surface area contributed by atoms with Crippen LogP contribution in [0.2, 0.25) is 0 Å². The largest absolute Gasteiger partial charge is 0.477 e. The molecule has 3 fully saturated rings. The van der Waals surface area contributed by atoms with Crippen LogP contribution in [-0.4, -0.2) is 81.4 Å². The second-order valence-electron chi connectivity index (χ2n) is 7.72. The van der Waals surface area contributed by atoms with Gasteiger partial charge in [0.2, 0.25) is 11.8 Å². The van der Waals surface area contributed by atoms with Crippen molar-refractivity contribution < 1.29 is 37.5 Å². The molecule has 0 bridgehead atoms. The van der Waals surface area contributed by atoms with Gasteiger partial charge in [-0.1, -0.05) is 0 Å². The average Bonchev–Trinajstić information content (AvgIpc) is 3.13. The first-order valence-corrected chi connectivity index (χ1v) is 9.13. The number of carbonyl (C=O) groups excluding carboxylic acids is 3. The summed E-state index contributed by atoms with van der Waals surface area (Å²) in [6.45, 7) is 0.169. The average molecular weight is 413 g/mol. The Kier molecular flexibility index (Phi) is 4.25. The van der Waals surface area contributed by atoms with E-state index in [1.54, 1.807) is 0 Å². The topological polar surface area (TPSA) is 98.2 Å². The number of carbonyl (C=O) groups is 4. The van der Waals surface area contributed by atoms with E-state index >= 15 is 0 Å². The fourth-order valence-electron chi connectivity index (χ4n) is 4.80. The van der Waals surface area contributed by atoms with Crippen LogP contribution in [0.5, 0.6) is 0 Å². The number of carboxylic acids is 1. The van der Waals surface area contributed by atoms with E-state index in [1.165, 1.54) is 17.9 Å². The molecule has 3 amide bonds. The molecule has 0 unspecified atom stereocenters. The van der Waals surface area contributed by atoms with Crippen LogP contribution in [0.4, 0.5) is 13.2 Å². The SMILES string of the molecule is CC(=O)N1C[C@H]2CC(/C=C3\CCN(CC(F)(F)F)C3=O)=C(C(=O)O)N3C(=O)[C@@H]1[C@@H]23. The number of amides is 3. The molecule has 0 aliphatic carbocycles. The minimum Gasteiger partial charge on any atom is -0.477 e. The number of allylic oxidation sites excluding steroid dienone is 2. The predicted octanol–water partition coefficient (Wildman–Crippen LogP) is 0.507. The summed E-state index contributed by atoms with van der Waals surface area (Å²) in [7, 11) is 0. The number of β-lactam (4-membered cyclic amide) rings is 1. The van der Waals surface area contributed by atoms with Crippen LogP contribution in [0, 0.1) is 5.92 Å². The Bertz CT molecular complexity index is 894. The maximum absolute atomic E-state index is 12.6. The zero-order valence-corrected chi connectivity index (χ0v) is 15.4. The quantitative estimate of drug-likeness (QED) is 0.537. The Morgan fingerprint density at radius 2 is 1.97 bits per heavy atom. The number of rotatable bonds is 3. The highest BCUT2D eigenvalue weighted by atomic mass is 19.4. The Morgan fingerprint density at radius 1 is 1.28 bits per heavy atom. The molecule has 0 aromatic rings. The van der Waals surface area contributed by atoms with Crippen molar-refractivity contribution in [3.8, 4) is 0 Å². The number of hydrogen-bond acceptors (Lipinski definition) is 4. The van der Waals surface area contributed by atoms with Crippen LogP contribution in [-0.2, 0) is 19.2 Å². The van der Waals surface area contributed by atoms with E-state index in [2.05, 4.69) is 0 Å². The van der Waals surface area contributed by atoms with Crippen molar-refractivity contribution in [2.75, 3.05) is 19.6 Å². The lowest BCUT2D eigenvalue weighted by molar-refractivity contribution is -0.159. The number of nitrogens with zero attached hydrogens (tertiary/aromatic N) is 3. The van der Waals surface area contributed by atoms with E-state index in [9.17, 15) is 37.5 Å². The highest BCUT2D eigenvalue weighted by Crippen LogP contribution is 2.47. The van der Waals surface area contributed by atoms with Crippen molar-refractivity contribution in [1.82, 2.24) is 14.7 Å². The molecule has 1 N–H and O–H groups in total. The summed E-state index contributed by atoms with van der Waals surface area (Å²) in [4.78, 5) is 51.8. The first kappa shape index (κ1) is 19.5. The van der Waals surface area contributed by atoms with E-state index in [0.717, 1.165) is 4.90 Å². The van der Waals surface area contributed by atoms with Crippen molar-refractivity contribution in [3.05, 3.63) is 22.9 Å². The molecule has 0 aromatic heterocycles. The van der Waals surface area contributed by atoms with Gasteiger partial charge in [0.05, 0.1) is 6.04 Å². The zero-order chi connectivity index (χ0) is 21.2. The number of aliphatic carboxylic acids is 1. The summed E-state index contributed by atoms with van der Waals surface area (Å²) in [6, 6.07) is -1.09. The Balaban J connectivity index is 1.65. The van der Waals surface area contributed by atoms with Gasteiger partial charge in [-0.05, 0) is 24.5 Å². The molecule has 11 heteroatoms. The maximum Gasteiger partial charge on any atom is 0.406 e. The summed E-state index contributed by atoms with van der Waals surface area (Å²) in [6.07, 6.45) is -2.91. The lowest BCUT2D eigenvalue weighted by Gasteiger charge is -2.49. The predicted molar refractivity (Wildman–Crippen MR) is 89.9 cm³/mol. The van der Waals surface area contributed by atoms with Gasteiger partial charge < -0.3 is 14.9 Å². The van der Waals surface area contributed by atoms with Crippen LogP contribution >= 0.6 is 0 Å². The summed E-state index contributed by atoms with van der Waals surface area (Å²) >= 11 is 0. The monoisotopic (exact) mass is 413 g/mol. The van der Waals surface area contributed by atoms with Crippen molar-refractivity contribution in [2.24, 2.45) is 5.92 Å². The molecule has 0 aromatic carbocycles. The molecule has 0 saturated carbocycles. The molecule has 3 saturated heterocycles. The third-order valence-corrected chi connectivity index (χ3v) is 5.93. The van der Waals surface area contributed by atoms with Gasteiger partial charge in [-0.15, -0.1) is 0 Å². The molecule has 0 radical (unpaired) electrons. The van der Waals surface area contributed by atoms with Crippen molar-refractivity contribution in [2.45, 2.75) is 38.0 Å². The Hall–Kier alpha value is -2.85. The van der Waals surface area contributed by atoms with Gasteiger partial charge in [0.25, 0.3) is 5.91 Å². The molecule has 4 heterocycles. The fraction of sp³-hybridized carbons (Fsp3) is 0.556. The summed E-state index contributed by atoms with van der Waals surface area (Å²) in [5.74, 6) is -3.08. The van der Waals surface area contributed by atoms with Gasteiger partial charge in [-0.3, -0.25) is 19.3 Å². The number of likely N-dealkylation sites (tertiary alicyclic amines) is 2. The lowest BCUT2D eigenvalue weighted by Crippen LogP contribution is -2.69. The minimum atomic E-state index is -4.52. The minimum absolute atomic E-state index is 0.0650. The van der Waals surface area contributed by atoms with Crippen molar-refractivity contribution in [1.29, 1.82) is 0 Å². The molecule has 0 spiro atoms. The number of carboxylic acid groups (broad SMARTS) is 1. The van der Waals surface area contributed by atoms with Gasteiger partial charge in [-0.25, -0.2) is 4.79 Å².